The fraction of sp³-hybridized carbons (Fsp3) is 0.316. The molecule has 1 saturated heterocycles. The maximum Gasteiger partial charge on any atom is 0.337 e. The summed E-state index contributed by atoms with van der Waals surface area (Å²) in [4.78, 5) is 14.1. The van der Waals surface area contributed by atoms with Gasteiger partial charge in [-0.1, -0.05) is 30.3 Å². The van der Waals surface area contributed by atoms with Crippen LogP contribution in [0.5, 0.6) is 0 Å². The number of morpholine rings is 1. The summed E-state index contributed by atoms with van der Waals surface area (Å²) in [7, 11) is 1.40. The molecule has 120 valence electrons. The smallest absolute Gasteiger partial charge is 0.337 e. The number of hydrogen-bond donors (Lipinski definition) is 0. The number of benzene rings is 2. The fourth-order valence-corrected chi connectivity index (χ4v) is 2.81. The van der Waals surface area contributed by atoms with E-state index < -0.39 is 0 Å². The first-order chi connectivity index (χ1) is 11.3. The standard InChI is InChI=1S/C19H21NO3/c1-22-19(21)18-7-3-6-17(13-18)16-5-2-4-15(12-16)14-20-8-10-23-11-9-20/h2-7,12-13H,8-11,14H2,1H3. The summed E-state index contributed by atoms with van der Waals surface area (Å²) in [5, 5.41) is 0. The Labute approximate surface area is 136 Å². The van der Waals surface area contributed by atoms with Crippen molar-refractivity contribution in [2.75, 3.05) is 33.4 Å². The topological polar surface area (TPSA) is 38.8 Å². The summed E-state index contributed by atoms with van der Waals surface area (Å²) in [6, 6.07) is 16.0. The van der Waals surface area contributed by atoms with Gasteiger partial charge in [-0.15, -0.1) is 0 Å². The molecule has 2 aromatic rings. The number of rotatable bonds is 4. The lowest BCUT2D eigenvalue weighted by atomic mass is 10.0. The zero-order chi connectivity index (χ0) is 16.1. The molecule has 0 bridgehead atoms. The molecule has 0 atom stereocenters. The van der Waals surface area contributed by atoms with Gasteiger partial charge in [0.2, 0.25) is 0 Å². The monoisotopic (exact) mass is 311 g/mol. The van der Waals surface area contributed by atoms with Crippen LogP contribution in [0.15, 0.2) is 48.5 Å². The molecule has 0 aliphatic carbocycles. The van der Waals surface area contributed by atoms with Crippen molar-refractivity contribution in [1.82, 2.24) is 4.90 Å². The maximum absolute atomic E-state index is 11.7. The summed E-state index contributed by atoms with van der Waals surface area (Å²) in [6.07, 6.45) is 0. The Hall–Kier alpha value is -2.17. The highest BCUT2D eigenvalue weighted by Crippen LogP contribution is 2.22. The van der Waals surface area contributed by atoms with Crippen LogP contribution in [-0.4, -0.2) is 44.3 Å². The van der Waals surface area contributed by atoms with Crippen LogP contribution in [0, 0.1) is 0 Å². The minimum Gasteiger partial charge on any atom is -0.465 e. The van der Waals surface area contributed by atoms with E-state index in [0.29, 0.717) is 5.56 Å². The zero-order valence-electron chi connectivity index (χ0n) is 13.3. The minimum absolute atomic E-state index is 0.309. The molecule has 0 unspecified atom stereocenters. The van der Waals surface area contributed by atoms with Crippen LogP contribution in [0.1, 0.15) is 15.9 Å². The Morgan fingerprint density at radius 2 is 1.78 bits per heavy atom. The SMILES string of the molecule is COC(=O)c1cccc(-c2cccc(CN3CCOCC3)c2)c1. The van der Waals surface area contributed by atoms with E-state index in [9.17, 15) is 4.79 Å². The first kappa shape index (κ1) is 15.7. The second kappa shape index (κ2) is 7.40. The van der Waals surface area contributed by atoms with Crippen LogP contribution < -0.4 is 0 Å². The first-order valence-corrected chi connectivity index (χ1v) is 7.84. The predicted octanol–water partition coefficient (Wildman–Crippen LogP) is 2.97. The van der Waals surface area contributed by atoms with Crippen LogP contribution in [0.2, 0.25) is 0 Å². The van der Waals surface area contributed by atoms with Crippen molar-refractivity contribution in [2.45, 2.75) is 6.54 Å². The zero-order valence-corrected chi connectivity index (χ0v) is 13.3. The summed E-state index contributed by atoms with van der Waals surface area (Å²) in [5.41, 5.74) is 3.98. The van der Waals surface area contributed by atoms with Crippen molar-refractivity contribution >= 4 is 5.97 Å². The van der Waals surface area contributed by atoms with Crippen LogP contribution in [-0.2, 0) is 16.0 Å². The van der Waals surface area contributed by atoms with E-state index in [1.165, 1.54) is 12.7 Å². The third kappa shape index (κ3) is 3.97. The van der Waals surface area contributed by atoms with Crippen molar-refractivity contribution in [1.29, 1.82) is 0 Å². The second-order valence-corrected chi connectivity index (χ2v) is 5.66. The van der Waals surface area contributed by atoms with Crippen molar-refractivity contribution in [3.8, 4) is 11.1 Å². The van der Waals surface area contributed by atoms with Gasteiger partial charge < -0.3 is 9.47 Å². The molecule has 0 amide bonds. The average Bonchev–Trinajstić information content (AvgIpc) is 2.62. The Bertz CT molecular complexity index is 678. The normalized spacial score (nSPS) is 15.3. The van der Waals surface area contributed by atoms with E-state index in [1.807, 2.05) is 18.2 Å². The maximum atomic E-state index is 11.7. The van der Waals surface area contributed by atoms with Gasteiger partial charge in [0.25, 0.3) is 0 Å². The molecule has 1 fully saturated rings. The van der Waals surface area contributed by atoms with Crippen molar-refractivity contribution in [2.24, 2.45) is 0 Å². The van der Waals surface area contributed by atoms with E-state index in [1.54, 1.807) is 6.07 Å². The van der Waals surface area contributed by atoms with Crippen molar-refractivity contribution in [3.05, 3.63) is 59.7 Å². The summed E-state index contributed by atoms with van der Waals surface area (Å²) in [5.74, 6) is -0.309. The van der Waals surface area contributed by atoms with Gasteiger partial charge in [-0.2, -0.15) is 0 Å². The van der Waals surface area contributed by atoms with Crippen LogP contribution in [0.25, 0.3) is 11.1 Å². The minimum atomic E-state index is -0.309. The molecule has 0 radical (unpaired) electrons. The molecule has 4 nitrogen and oxygen atoms in total. The third-order valence-corrected chi connectivity index (χ3v) is 4.05. The molecule has 0 saturated carbocycles. The van der Waals surface area contributed by atoms with Gasteiger partial charge in [0.1, 0.15) is 0 Å². The van der Waals surface area contributed by atoms with E-state index >= 15 is 0 Å². The Kier molecular flexibility index (Phi) is 5.05. The van der Waals surface area contributed by atoms with Crippen LogP contribution >= 0.6 is 0 Å². The lowest BCUT2D eigenvalue weighted by Gasteiger charge is -2.26. The Balaban J connectivity index is 1.80. The third-order valence-electron chi connectivity index (χ3n) is 4.05. The van der Waals surface area contributed by atoms with Crippen molar-refractivity contribution < 1.29 is 14.3 Å². The fourth-order valence-electron chi connectivity index (χ4n) is 2.81. The summed E-state index contributed by atoms with van der Waals surface area (Å²) < 4.78 is 10.2. The van der Waals surface area contributed by atoms with Gasteiger partial charge in [0.05, 0.1) is 25.9 Å². The van der Waals surface area contributed by atoms with Gasteiger partial charge in [0.15, 0.2) is 0 Å². The average molecular weight is 311 g/mol. The lowest BCUT2D eigenvalue weighted by molar-refractivity contribution is 0.0342. The van der Waals surface area contributed by atoms with Crippen LogP contribution in [0.3, 0.4) is 0 Å². The molecule has 3 rings (SSSR count). The highest BCUT2D eigenvalue weighted by Gasteiger charge is 2.11. The van der Waals surface area contributed by atoms with Gasteiger partial charge in [0, 0.05) is 19.6 Å². The molecule has 1 aliphatic heterocycles. The molecule has 0 spiro atoms. The Morgan fingerprint density at radius 3 is 2.52 bits per heavy atom. The predicted molar refractivity (Wildman–Crippen MR) is 89.3 cm³/mol. The summed E-state index contributed by atoms with van der Waals surface area (Å²) in [6.45, 7) is 4.49. The largest absolute Gasteiger partial charge is 0.465 e. The molecule has 23 heavy (non-hydrogen) atoms. The Morgan fingerprint density at radius 1 is 1.09 bits per heavy atom. The van der Waals surface area contributed by atoms with E-state index in [4.69, 9.17) is 9.47 Å². The molecule has 1 heterocycles. The number of methoxy groups -OCH3 is 1. The highest BCUT2D eigenvalue weighted by molar-refractivity contribution is 5.90. The molecular weight excluding hydrogens is 290 g/mol. The van der Waals surface area contributed by atoms with E-state index in [0.717, 1.165) is 44.0 Å². The van der Waals surface area contributed by atoms with Gasteiger partial charge in [-0.3, -0.25) is 4.90 Å². The van der Waals surface area contributed by atoms with Crippen LogP contribution in [0.4, 0.5) is 0 Å². The molecule has 1 aliphatic rings. The van der Waals surface area contributed by atoms with E-state index in [2.05, 4.69) is 29.2 Å². The number of hydrogen-bond acceptors (Lipinski definition) is 4. The molecule has 2 aromatic carbocycles. The number of carbonyl (C=O) groups is 1. The molecule has 0 N–H and O–H groups in total. The summed E-state index contributed by atoms with van der Waals surface area (Å²) >= 11 is 0. The molecule has 4 heteroatoms. The van der Waals surface area contributed by atoms with Gasteiger partial charge in [-0.25, -0.2) is 4.79 Å². The second-order valence-electron chi connectivity index (χ2n) is 5.66. The number of esters is 1. The lowest BCUT2D eigenvalue weighted by Crippen LogP contribution is -2.35. The first-order valence-electron chi connectivity index (χ1n) is 7.84. The number of carbonyl (C=O) groups excluding carboxylic acids is 1. The highest BCUT2D eigenvalue weighted by atomic mass is 16.5. The van der Waals surface area contributed by atoms with Crippen molar-refractivity contribution in [3.63, 3.8) is 0 Å². The number of nitrogens with zero attached hydrogens (tertiary/aromatic N) is 1. The van der Waals surface area contributed by atoms with E-state index in [-0.39, 0.29) is 5.97 Å². The quantitative estimate of drug-likeness (QED) is 0.814. The number of ether oxygens (including phenoxy) is 2. The van der Waals surface area contributed by atoms with Gasteiger partial charge >= 0.3 is 5.97 Å². The molecule has 0 aromatic heterocycles. The molecular formula is C19H21NO3. The van der Waals surface area contributed by atoms with Gasteiger partial charge in [-0.05, 0) is 34.9 Å².